The third-order valence-corrected chi connectivity index (χ3v) is 3.32. The number of aryl methyl sites for hydroxylation is 1. The molecule has 100 valence electrons. The molecule has 0 aliphatic carbocycles. The zero-order chi connectivity index (χ0) is 14.0. The predicted molar refractivity (Wildman–Crippen MR) is 59.5 cm³/mol. The van der Waals surface area contributed by atoms with E-state index in [1.54, 1.807) is 6.92 Å². The highest BCUT2D eigenvalue weighted by Gasteiger charge is 2.46. The molecule has 0 aliphatic rings. The molecule has 0 aromatic heterocycles. The zero-order valence-corrected chi connectivity index (χ0v) is 10.1. The number of halogens is 3. The van der Waals surface area contributed by atoms with E-state index in [2.05, 4.69) is 0 Å². The van der Waals surface area contributed by atoms with Crippen LogP contribution in [0.15, 0.2) is 18.2 Å². The van der Waals surface area contributed by atoms with Gasteiger partial charge in [-0.1, -0.05) is 6.07 Å². The van der Waals surface area contributed by atoms with Gasteiger partial charge in [-0.25, -0.2) is 0 Å². The summed E-state index contributed by atoms with van der Waals surface area (Å²) >= 11 is 0. The van der Waals surface area contributed by atoms with Gasteiger partial charge in [0.15, 0.2) is 0 Å². The Hall–Kier alpha value is -1.57. The lowest BCUT2D eigenvalue weighted by Gasteiger charge is -2.12. The van der Waals surface area contributed by atoms with Gasteiger partial charge in [0, 0.05) is 12.1 Å². The van der Waals surface area contributed by atoms with Crippen molar-refractivity contribution in [1.29, 1.82) is 0 Å². The molecule has 0 amide bonds. The fourth-order valence-electron chi connectivity index (χ4n) is 1.29. The minimum atomic E-state index is -5.41. The first-order valence-corrected chi connectivity index (χ1v) is 6.28. The molecule has 0 heterocycles. The summed E-state index contributed by atoms with van der Waals surface area (Å²) in [5.41, 5.74) is -4.40. The van der Waals surface area contributed by atoms with Gasteiger partial charge >= 0.3 is 15.5 Å². The lowest BCUT2D eigenvalue weighted by atomic mass is 10.1. The maximum atomic E-state index is 12.1. The van der Waals surface area contributed by atoms with Crippen molar-refractivity contribution in [3.05, 3.63) is 29.3 Å². The number of rotatable bonds is 4. The minimum absolute atomic E-state index is 0.123. The zero-order valence-electron chi connectivity index (χ0n) is 9.28. The number of sulfonamides is 1. The highest BCUT2D eigenvalue weighted by molar-refractivity contribution is 7.93. The summed E-state index contributed by atoms with van der Waals surface area (Å²) < 4.78 is 59.5. The Morgan fingerprint density at radius 2 is 1.94 bits per heavy atom. The van der Waals surface area contributed by atoms with Crippen LogP contribution in [0.1, 0.15) is 11.1 Å². The van der Waals surface area contributed by atoms with E-state index in [9.17, 15) is 26.4 Å². The smallest absolute Gasteiger partial charge is 0.303 e. The van der Waals surface area contributed by atoms with Gasteiger partial charge in [-0.2, -0.15) is 21.6 Å². The molecule has 0 saturated heterocycles. The van der Waals surface area contributed by atoms with Crippen molar-refractivity contribution in [2.75, 3.05) is 4.72 Å². The van der Waals surface area contributed by atoms with Crippen LogP contribution in [0.25, 0.3) is 0 Å². The fourth-order valence-corrected chi connectivity index (χ4v) is 1.84. The molecule has 1 aromatic rings. The van der Waals surface area contributed by atoms with Gasteiger partial charge in [-0.05, 0) is 30.2 Å². The van der Waals surface area contributed by atoms with Gasteiger partial charge in [-0.15, -0.1) is 0 Å². The second-order valence-corrected chi connectivity index (χ2v) is 5.24. The van der Waals surface area contributed by atoms with Gasteiger partial charge in [0.1, 0.15) is 6.29 Å². The molecule has 0 atom stereocenters. The molecule has 1 aromatic carbocycles. The summed E-state index contributed by atoms with van der Waals surface area (Å²) in [5, 5.41) is 0. The topological polar surface area (TPSA) is 63.2 Å². The normalized spacial score (nSPS) is 12.2. The third-order valence-electron chi connectivity index (χ3n) is 2.20. The maximum absolute atomic E-state index is 12.1. The lowest BCUT2D eigenvalue weighted by Crippen LogP contribution is -2.29. The molecule has 4 nitrogen and oxygen atoms in total. The van der Waals surface area contributed by atoms with E-state index in [1.807, 2.05) is 0 Å². The number of carbonyl (C=O) groups excluding carboxylic acids is 1. The summed E-state index contributed by atoms with van der Waals surface area (Å²) in [5.74, 6) is 0. The molecule has 1 N–H and O–H groups in total. The van der Waals surface area contributed by atoms with E-state index < -0.39 is 15.5 Å². The minimum Gasteiger partial charge on any atom is -0.303 e. The van der Waals surface area contributed by atoms with Gasteiger partial charge < -0.3 is 4.79 Å². The standard InChI is InChI=1S/C10H10F3NO3S/c1-7-6-9(3-2-8(7)4-5-15)14-18(16,17)10(11,12)13/h2-3,5-6,14H,4H2,1H3. The Bertz CT molecular complexity index is 552. The number of hydrogen-bond donors (Lipinski definition) is 1. The van der Waals surface area contributed by atoms with E-state index in [0.717, 1.165) is 0 Å². The van der Waals surface area contributed by atoms with Crippen molar-refractivity contribution in [3.63, 3.8) is 0 Å². The molecule has 0 aliphatic heterocycles. The quantitative estimate of drug-likeness (QED) is 0.858. The maximum Gasteiger partial charge on any atom is 0.516 e. The van der Waals surface area contributed by atoms with Crippen molar-refractivity contribution in [1.82, 2.24) is 0 Å². The van der Waals surface area contributed by atoms with Gasteiger partial charge in [0.2, 0.25) is 0 Å². The van der Waals surface area contributed by atoms with Crippen LogP contribution in [0.3, 0.4) is 0 Å². The number of aldehydes is 1. The Balaban J connectivity index is 3.01. The predicted octanol–water partition coefficient (Wildman–Crippen LogP) is 2.00. The number of hydrogen-bond acceptors (Lipinski definition) is 3. The van der Waals surface area contributed by atoms with E-state index in [0.29, 0.717) is 17.4 Å². The van der Waals surface area contributed by atoms with Crippen molar-refractivity contribution in [2.45, 2.75) is 18.9 Å². The van der Waals surface area contributed by atoms with Crippen molar-refractivity contribution < 1.29 is 26.4 Å². The molecule has 0 spiro atoms. The monoisotopic (exact) mass is 281 g/mol. The van der Waals surface area contributed by atoms with E-state index in [1.165, 1.54) is 22.9 Å². The van der Waals surface area contributed by atoms with Gasteiger partial charge in [0.05, 0.1) is 0 Å². The Kier molecular flexibility index (Phi) is 4.00. The largest absolute Gasteiger partial charge is 0.516 e. The summed E-state index contributed by atoms with van der Waals surface area (Å²) in [7, 11) is -5.41. The number of benzene rings is 1. The van der Waals surface area contributed by atoms with E-state index >= 15 is 0 Å². The molecule has 0 saturated carbocycles. The van der Waals surface area contributed by atoms with Crippen molar-refractivity contribution in [2.24, 2.45) is 0 Å². The molecular formula is C10H10F3NO3S. The Morgan fingerprint density at radius 1 is 1.33 bits per heavy atom. The average Bonchev–Trinajstić information content (AvgIpc) is 2.20. The van der Waals surface area contributed by atoms with E-state index in [4.69, 9.17) is 0 Å². The van der Waals surface area contributed by atoms with Crippen LogP contribution in [-0.4, -0.2) is 20.2 Å². The molecule has 1 rings (SSSR count). The molecule has 0 unspecified atom stereocenters. The first-order valence-electron chi connectivity index (χ1n) is 4.79. The highest BCUT2D eigenvalue weighted by Crippen LogP contribution is 2.26. The van der Waals surface area contributed by atoms with Crippen LogP contribution in [-0.2, 0) is 21.2 Å². The first-order chi connectivity index (χ1) is 8.17. The van der Waals surface area contributed by atoms with Crippen LogP contribution < -0.4 is 4.72 Å². The summed E-state index contributed by atoms with van der Waals surface area (Å²) in [4.78, 5) is 10.3. The van der Waals surface area contributed by atoms with E-state index in [-0.39, 0.29) is 12.1 Å². The Labute approximate surface area is 102 Å². The second-order valence-electron chi connectivity index (χ2n) is 3.56. The molecule has 0 fully saturated rings. The third kappa shape index (κ3) is 3.22. The number of anilines is 1. The number of alkyl halides is 3. The lowest BCUT2D eigenvalue weighted by molar-refractivity contribution is -0.107. The van der Waals surface area contributed by atoms with Gasteiger partial charge in [-0.3, -0.25) is 4.72 Å². The molecule has 0 bridgehead atoms. The summed E-state index contributed by atoms with van der Waals surface area (Å²) in [6, 6.07) is 3.81. The summed E-state index contributed by atoms with van der Waals surface area (Å²) in [6.45, 7) is 1.57. The average molecular weight is 281 g/mol. The van der Waals surface area contributed by atoms with Crippen LogP contribution in [0.2, 0.25) is 0 Å². The molecule has 18 heavy (non-hydrogen) atoms. The van der Waals surface area contributed by atoms with Crippen LogP contribution in [0, 0.1) is 6.92 Å². The Morgan fingerprint density at radius 3 is 2.39 bits per heavy atom. The number of carbonyl (C=O) groups is 1. The molecule has 8 heteroatoms. The van der Waals surface area contributed by atoms with Crippen molar-refractivity contribution >= 4 is 22.0 Å². The second kappa shape index (κ2) is 4.97. The number of nitrogens with one attached hydrogen (secondary N) is 1. The molecular weight excluding hydrogens is 271 g/mol. The first kappa shape index (κ1) is 14.5. The van der Waals surface area contributed by atoms with Crippen LogP contribution in [0.4, 0.5) is 18.9 Å². The summed E-state index contributed by atoms with van der Waals surface area (Å²) in [6.07, 6.45) is 0.778. The fraction of sp³-hybridized carbons (Fsp3) is 0.300. The van der Waals surface area contributed by atoms with Crippen LogP contribution in [0.5, 0.6) is 0 Å². The molecule has 0 radical (unpaired) electrons. The SMILES string of the molecule is Cc1cc(NS(=O)(=O)C(F)(F)F)ccc1CC=O. The van der Waals surface area contributed by atoms with Crippen molar-refractivity contribution in [3.8, 4) is 0 Å². The highest BCUT2D eigenvalue weighted by atomic mass is 32.2. The van der Waals surface area contributed by atoms with Crippen LogP contribution >= 0.6 is 0 Å². The van der Waals surface area contributed by atoms with Gasteiger partial charge in [0.25, 0.3) is 0 Å².